The zero-order valence-corrected chi connectivity index (χ0v) is 11.7. The molecule has 0 unspecified atom stereocenters. The van der Waals surface area contributed by atoms with E-state index >= 15 is 0 Å². The molecule has 1 atom stereocenters. The predicted octanol–water partition coefficient (Wildman–Crippen LogP) is 1.96. The van der Waals surface area contributed by atoms with Crippen molar-refractivity contribution in [3.63, 3.8) is 0 Å². The van der Waals surface area contributed by atoms with Gasteiger partial charge in [0.1, 0.15) is 5.82 Å². The Kier molecular flexibility index (Phi) is 3.82. The van der Waals surface area contributed by atoms with E-state index in [0.717, 1.165) is 17.5 Å². The van der Waals surface area contributed by atoms with Crippen LogP contribution in [0.25, 0.3) is 0 Å². The molecule has 0 bridgehead atoms. The van der Waals surface area contributed by atoms with Crippen LogP contribution in [-0.2, 0) is 16.0 Å². The fraction of sp³-hybridized carbons (Fsp3) is 0.188. The normalized spacial score (nSPS) is 16.0. The van der Waals surface area contributed by atoms with E-state index in [2.05, 4.69) is 15.6 Å². The van der Waals surface area contributed by atoms with Gasteiger partial charge in [0, 0.05) is 6.20 Å². The Morgan fingerprint density at radius 2 is 2.09 bits per heavy atom. The molecule has 0 spiro atoms. The van der Waals surface area contributed by atoms with Crippen molar-refractivity contribution in [3.05, 3.63) is 59.7 Å². The summed E-state index contributed by atoms with van der Waals surface area (Å²) < 4.78 is 13.3. The quantitative estimate of drug-likeness (QED) is 0.833. The van der Waals surface area contributed by atoms with Crippen LogP contribution in [0, 0.1) is 5.82 Å². The average Bonchev–Trinajstić information content (AvgIpc) is 2.90. The van der Waals surface area contributed by atoms with Crippen LogP contribution in [0.2, 0.25) is 0 Å². The third-order valence-corrected chi connectivity index (χ3v) is 3.62. The second-order valence-electron chi connectivity index (χ2n) is 5.10. The van der Waals surface area contributed by atoms with Crippen molar-refractivity contribution in [1.29, 1.82) is 0 Å². The highest BCUT2D eigenvalue weighted by Gasteiger charge is 2.26. The standard InChI is InChI=1S/C16H14FN3O2/c17-11-5-3-10-4-6-14(13(10)8-11)20-16(22)15(21)19-12-2-1-7-18-9-12/h1-3,5,7-9,14H,4,6H2,(H,19,21)(H,20,22)/t14-/m0/s1. The number of rotatable bonds is 2. The molecule has 0 fully saturated rings. The van der Waals surface area contributed by atoms with Crippen LogP contribution >= 0.6 is 0 Å². The number of pyridine rings is 1. The van der Waals surface area contributed by atoms with Gasteiger partial charge < -0.3 is 10.6 Å². The van der Waals surface area contributed by atoms with Crippen LogP contribution in [0.5, 0.6) is 0 Å². The number of benzene rings is 1. The summed E-state index contributed by atoms with van der Waals surface area (Å²) in [6.07, 6.45) is 4.43. The lowest BCUT2D eigenvalue weighted by Crippen LogP contribution is -2.37. The van der Waals surface area contributed by atoms with Gasteiger partial charge in [-0.3, -0.25) is 14.6 Å². The highest BCUT2D eigenvalue weighted by Crippen LogP contribution is 2.31. The fourth-order valence-corrected chi connectivity index (χ4v) is 2.57. The second-order valence-corrected chi connectivity index (χ2v) is 5.10. The predicted molar refractivity (Wildman–Crippen MR) is 78.5 cm³/mol. The Balaban J connectivity index is 1.66. The van der Waals surface area contributed by atoms with Crippen LogP contribution < -0.4 is 10.6 Å². The van der Waals surface area contributed by atoms with Crippen LogP contribution in [0.4, 0.5) is 10.1 Å². The van der Waals surface area contributed by atoms with Crippen molar-refractivity contribution in [1.82, 2.24) is 10.3 Å². The summed E-state index contributed by atoms with van der Waals surface area (Å²) in [5.74, 6) is -1.86. The molecule has 2 aromatic rings. The highest BCUT2D eigenvalue weighted by molar-refractivity contribution is 6.39. The molecule has 1 aromatic heterocycles. The van der Waals surface area contributed by atoms with Crippen molar-refractivity contribution in [2.75, 3.05) is 5.32 Å². The van der Waals surface area contributed by atoms with E-state index in [9.17, 15) is 14.0 Å². The number of hydrogen-bond acceptors (Lipinski definition) is 3. The minimum Gasteiger partial charge on any atom is -0.341 e. The molecule has 6 heteroatoms. The van der Waals surface area contributed by atoms with Gasteiger partial charge in [-0.1, -0.05) is 6.07 Å². The summed E-state index contributed by atoms with van der Waals surface area (Å²) in [6, 6.07) is 7.48. The molecule has 0 radical (unpaired) electrons. The van der Waals surface area contributed by atoms with Crippen LogP contribution in [-0.4, -0.2) is 16.8 Å². The van der Waals surface area contributed by atoms with E-state index in [4.69, 9.17) is 0 Å². The molecule has 2 amide bonds. The zero-order valence-electron chi connectivity index (χ0n) is 11.7. The number of aryl methyl sites for hydroxylation is 1. The molecule has 2 N–H and O–H groups in total. The molecule has 0 aliphatic heterocycles. The molecule has 112 valence electrons. The Labute approximate surface area is 126 Å². The Hall–Kier alpha value is -2.76. The molecular formula is C16H14FN3O2. The first-order valence-corrected chi connectivity index (χ1v) is 6.93. The van der Waals surface area contributed by atoms with E-state index in [-0.39, 0.29) is 11.9 Å². The molecule has 0 saturated heterocycles. The summed E-state index contributed by atoms with van der Waals surface area (Å²) in [7, 11) is 0. The summed E-state index contributed by atoms with van der Waals surface area (Å²) in [6.45, 7) is 0. The largest absolute Gasteiger partial charge is 0.341 e. The first-order valence-electron chi connectivity index (χ1n) is 6.93. The van der Waals surface area contributed by atoms with Crippen molar-refractivity contribution < 1.29 is 14.0 Å². The number of nitrogens with one attached hydrogen (secondary N) is 2. The summed E-state index contributed by atoms with van der Waals surface area (Å²) in [5, 5.41) is 5.11. The van der Waals surface area contributed by atoms with Gasteiger partial charge in [-0.15, -0.1) is 0 Å². The summed E-state index contributed by atoms with van der Waals surface area (Å²) >= 11 is 0. The van der Waals surface area contributed by atoms with Crippen molar-refractivity contribution in [2.45, 2.75) is 18.9 Å². The maximum atomic E-state index is 13.3. The number of amides is 2. The van der Waals surface area contributed by atoms with Gasteiger partial charge in [0.2, 0.25) is 0 Å². The number of aromatic nitrogens is 1. The average molecular weight is 299 g/mol. The first kappa shape index (κ1) is 14.2. The monoisotopic (exact) mass is 299 g/mol. The van der Waals surface area contributed by atoms with Gasteiger partial charge in [-0.25, -0.2) is 4.39 Å². The molecule has 1 aromatic carbocycles. The highest BCUT2D eigenvalue weighted by atomic mass is 19.1. The van der Waals surface area contributed by atoms with Gasteiger partial charge in [0.25, 0.3) is 0 Å². The van der Waals surface area contributed by atoms with Gasteiger partial charge >= 0.3 is 11.8 Å². The summed E-state index contributed by atoms with van der Waals surface area (Å²) in [5.41, 5.74) is 2.18. The van der Waals surface area contributed by atoms with Crippen LogP contribution in [0.1, 0.15) is 23.6 Å². The van der Waals surface area contributed by atoms with Crippen molar-refractivity contribution in [2.24, 2.45) is 0 Å². The van der Waals surface area contributed by atoms with E-state index < -0.39 is 11.8 Å². The minimum atomic E-state index is -0.766. The van der Waals surface area contributed by atoms with E-state index in [1.165, 1.54) is 18.3 Å². The number of anilines is 1. The zero-order chi connectivity index (χ0) is 15.5. The van der Waals surface area contributed by atoms with E-state index in [1.807, 2.05) is 0 Å². The van der Waals surface area contributed by atoms with Gasteiger partial charge in [-0.2, -0.15) is 0 Å². The van der Waals surface area contributed by atoms with Crippen LogP contribution in [0.15, 0.2) is 42.7 Å². The fourth-order valence-electron chi connectivity index (χ4n) is 2.57. The van der Waals surface area contributed by atoms with Crippen LogP contribution in [0.3, 0.4) is 0 Å². The van der Waals surface area contributed by atoms with Crippen molar-refractivity contribution >= 4 is 17.5 Å². The lowest BCUT2D eigenvalue weighted by molar-refractivity contribution is -0.136. The number of fused-ring (bicyclic) bond motifs is 1. The molecule has 1 heterocycles. The Bertz CT molecular complexity index is 719. The van der Waals surface area contributed by atoms with Crippen molar-refractivity contribution in [3.8, 4) is 0 Å². The van der Waals surface area contributed by atoms with Gasteiger partial charge in [0.05, 0.1) is 17.9 Å². The topological polar surface area (TPSA) is 71.1 Å². The Morgan fingerprint density at radius 3 is 2.86 bits per heavy atom. The van der Waals surface area contributed by atoms with Gasteiger partial charge in [-0.05, 0) is 48.2 Å². The molecule has 5 nitrogen and oxygen atoms in total. The Morgan fingerprint density at radius 1 is 1.23 bits per heavy atom. The van der Waals surface area contributed by atoms with E-state index in [0.29, 0.717) is 12.1 Å². The molecule has 1 aliphatic rings. The number of hydrogen-bond donors (Lipinski definition) is 2. The third kappa shape index (κ3) is 2.95. The maximum absolute atomic E-state index is 13.3. The summed E-state index contributed by atoms with van der Waals surface area (Å²) in [4.78, 5) is 27.7. The minimum absolute atomic E-state index is 0.335. The number of carbonyl (C=O) groups is 2. The number of nitrogens with zero attached hydrogens (tertiary/aromatic N) is 1. The third-order valence-electron chi connectivity index (χ3n) is 3.62. The maximum Gasteiger partial charge on any atom is 0.313 e. The van der Waals surface area contributed by atoms with Gasteiger partial charge in [0.15, 0.2) is 0 Å². The smallest absolute Gasteiger partial charge is 0.313 e. The molecule has 22 heavy (non-hydrogen) atoms. The molecular weight excluding hydrogens is 285 g/mol. The molecule has 1 aliphatic carbocycles. The van der Waals surface area contributed by atoms with E-state index in [1.54, 1.807) is 24.4 Å². The lowest BCUT2D eigenvalue weighted by atomic mass is 10.1. The molecule has 3 rings (SSSR count). The number of carbonyl (C=O) groups excluding carboxylic acids is 2. The SMILES string of the molecule is O=C(Nc1cccnc1)C(=O)N[C@H]1CCc2ccc(F)cc21. The second kappa shape index (κ2) is 5.93. The first-order chi connectivity index (χ1) is 10.6. The lowest BCUT2D eigenvalue weighted by Gasteiger charge is -2.14. The molecule has 0 saturated carbocycles. The number of halogens is 1.